The van der Waals surface area contributed by atoms with Crippen molar-refractivity contribution in [2.45, 2.75) is 6.92 Å². The van der Waals surface area contributed by atoms with Crippen LogP contribution < -0.4 is 5.32 Å². The second-order valence-corrected chi connectivity index (χ2v) is 4.82. The van der Waals surface area contributed by atoms with E-state index in [1.807, 2.05) is 19.1 Å². The molecular formula is C14H11ClN4O. The molecule has 2 heterocycles. The number of carbonyl (C=O) groups is 1. The maximum absolute atomic E-state index is 12.1. The molecule has 0 radical (unpaired) electrons. The fourth-order valence-corrected chi connectivity index (χ4v) is 2.10. The SMILES string of the molecule is Cc1ccc2c(NC(=O)c3cccc(Cl)c3)n[nH]c2n1. The lowest BCUT2D eigenvalue weighted by Gasteiger charge is -2.03. The molecule has 2 aromatic heterocycles. The zero-order chi connectivity index (χ0) is 14.1. The molecule has 0 aliphatic heterocycles. The molecule has 3 rings (SSSR count). The van der Waals surface area contributed by atoms with E-state index in [1.165, 1.54) is 0 Å². The highest BCUT2D eigenvalue weighted by Gasteiger charge is 2.12. The van der Waals surface area contributed by atoms with Gasteiger partial charge in [-0.3, -0.25) is 9.89 Å². The monoisotopic (exact) mass is 286 g/mol. The van der Waals surface area contributed by atoms with Crippen molar-refractivity contribution in [3.8, 4) is 0 Å². The fourth-order valence-electron chi connectivity index (χ4n) is 1.91. The molecule has 5 nitrogen and oxygen atoms in total. The maximum Gasteiger partial charge on any atom is 0.256 e. The first-order valence-corrected chi connectivity index (χ1v) is 6.40. The Morgan fingerprint density at radius 3 is 2.95 bits per heavy atom. The average Bonchev–Trinajstić information content (AvgIpc) is 2.81. The van der Waals surface area contributed by atoms with Crippen molar-refractivity contribution in [2.75, 3.05) is 5.32 Å². The summed E-state index contributed by atoms with van der Waals surface area (Å²) in [4.78, 5) is 16.4. The number of carbonyl (C=O) groups excluding carboxylic acids is 1. The first kappa shape index (κ1) is 12.6. The quantitative estimate of drug-likeness (QED) is 0.760. The average molecular weight is 287 g/mol. The molecule has 0 aliphatic rings. The molecule has 2 N–H and O–H groups in total. The number of aryl methyl sites for hydroxylation is 1. The summed E-state index contributed by atoms with van der Waals surface area (Å²) in [6.07, 6.45) is 0. The van der Waals surface area contributed by atoms with Gasteiger partial charge in [-0.2, -0.15) is 5.10 Å². The van der Waals surface area contributed by atoms with Crippen LogP contribution in [0.15, 0.2) is 36.4 Å². The first-order chi connectivity index (χ1) is 9.63. The Balaban J connectivity index is 1.91. The van der Waals surface area contributed by atoms with Crippen molar-refractivity contribution in [1.82, 2.24) is 15.2 Å². The van der Waals surface area contributed by atoms with E-state index < -0.39 is 0 Å². The van der Waals surface area contributed by atoms with Gasteiger partial charge in [0, 0.05) is 16.3 Å². The number of aromatic nitrogens is 3. The molecule has 0 saturated heterocycles. The summed E-state index contributed by atoms with van der Waals surface area (Å²) in [5.41, 5.74) is 2.01. The van der Waals surface area contributed by atoms with Crippen LogP contribution in [0.2, 0.25) is 5.02 Å². The molecule has 0 fully saturated rings. The summed E-state index contributed by atoms with van der Waals surface area (Å²) in [6, 6.07) is 10.5. The number of rotatable bonds is 2. The van der Waals surface area contributed by atoms with Gasteiger partial charge in [-0.15, -0.1) is 0 Å². The molecule has 0 atom stereocenters. The third-order valence-corrected chi connectivity index (χ3v) is 3.12. The molecule has 0 aliphatic carbocycles. The lowest BCUT2D eigenvalue weighted by atomic mass is 10.2. The maximum atomic E-state index is 12.1. The number of nitrogens with one attached hydrogen (secondary N) is 2. The molecule has 0 unspecified atom stereocenters. The molecular weight excluding hydrogens is 276 g/mol. The summed E-state index contributed by atoms with van der Waals surface area (Å²) in [5, 5.41) is 10.9. The van der Waals surface area contributed by atoms with E-state index in [9.17, 15) is 4.79 Å². The van der Waals surface area contributed by atoms with Crippen LogP contribution in [-0.4, -0.2) is 21.1 Å². The van der Waals surface area contributed by atoms with E-state index in [1.54, 1.807) is 24.3 Å². The van der Waals surface area contributed by atoms with Crippen LogP contribution in [0, 0.1) is 6.92 Å². The van der Waals surface area contributed by atoms with Gasteiger partial charge in [-0.25, -0.2) is 4.98 Å². The number of aromatic amines is 1. The van der Waals surface area contributed by atoms with Gasteiger partial charge in [-0.05, 0) is 37.3 Å². The second-order valence-electron chi connectivity index (χ2n) is 4.39. The first-order valence-electron chi connectivity index (χ1n) is 6.02. The Hall–Kier alpha value is -2.40. The molecule has 1 amide bonds. The number of nitrogens with zero attached hydrogens (tertiary/aromatic N) is 2. The van der Waals surface area contributed by atoms with Crippen LogP contribution in [0.3, 0.4) is 0 Å². The third kappa shape index (κ3) is 2.35. The van der Waals surface area contributed by atoms with Gasteiger partial charge >= 0.3 is 0 Å². The molecule has 0 spiro atoms. The van der Waals surface area contributed by atoms with Gasteiger partial charge in [0.1, 0.15) is 0 Å². The van der Waals surface area contributed by atoms with Crippen LogP contribution in [-0.2, 0) is 0 Å². The van der Waals surface area contributed by atoms with E-state index in [4.69, 9.17) is 11.6 Å². The summed E-state index contributed by atoms with van der Waals surface area (Å²) in [6.45, 7) is 1.89. The van der Waals surface area contributed by atoms with Crippen molar-refractivity contribution in [1.29, 1.82) is 0 Å². The fraction of sp³-hybridized carbons (Fsp3) is 0.0714. The Kier molecular flexibility index (Phi) is 3.12. The van der Waals surface area contributed by atoms with Gasteiger partial charge in [0.05, 0.1) is 5.39 Å². The summed E-state index contributed by atoms with van der Waals surface area (Å²) in [5.74, 6) is 0.193. The molecule has 100 valence electrons. The number of hydrogen-bond donors (Lipinski definition) is 2. The van der Waals surface area contributed by atoms with Crippen molar-refractivity contribution >= 4 is 34.4 Å². The van der Waals surface area contributed by atoms with Crippen LogP contribution in [0.5, 0.6) is 0 Å². The number of pyridine rings is 1. The number of benzene rings is 1. The topological polar surface area (TPSA) is 70.7 Å². The predicted octanol–water partition coefficient (Wildman–Crippen LogP) is 3.17. The van der Waals surface area contributed by atoms with Gasteiger partial charge in [0.2, 0.25) is 0 Å². The van der Waals surface area contributed by atoms with Crippen LogP contribution in [0.1, 0.15) is 16.1 Å². The van der Waals surface area contributed by atoms with Crippen molar-refractivity contribution in [3.05, 3.63) is 52.7 Å². The number of amides is 1. The van der Waals surface area contributed by atoms with Crippen molar-refractivity contribution in [2.24, 2.45) is 0 Å². The Bertz CT molecular complexity index is 797. The Morgan fingerprint density at radius 1 is 1.30 bits per heavy atom. The van der Waals surface area contributed by atoms with Crippen LogP contribution >= 0.6 is 11.6 Å². The van der Waals surface area contributed by atoms with Crippen molar-refractivity contribution in [3.63, 3.8) is 0 Å². The van der Waals surface area contributed by atoms with Gasteiger partial charge in [0.15, 0.2) is 11.5 Å². The highest BCUT2D eigenvalue weighted by atomic mass is 35.5. The van der Waals surface area contributed by atoms with Gasteiger partial charge in [-0.1, -0.05) is 17.7 Å². The van der Waals surface area contributed by atoms with Gasteiger partial charge < -0.3 is 5.32 Å². The summed E-state index contributed by atoms with van der Waals surface area (Å²) >= 11 is 5.87. The highest BCUT2D eigenvalue weighted by molar-refractivity contribution is 6.31. The Morgan fingerprint density at radius 2 is 2.15 bits per heavy atom. The number of halogens is 1. The minimum absolute atomic E-state index is 0.263. The largest absolute Gasteiger partial charge is 0.305 e. The number of H-pyrrole nitrogens is 1. The van der Waals surface area contributed by atoms with Crippen LogP contribution in [0.25, 0.3) is 11.0 Å². The van der Waals surface area contributed by atoms with Gasteiger partial charge in [0.25, 0.3) is 5.91 Å². The van der Waals surface area contributed by atoms with E-state index in [0.29, 0.717) is 22.1 Å². The molecule has 0 saturated carbocycles. The van der Waals surface area contributed by atoms with E-state index in [-0.39, 0.29) is 5.91 Å². The zero-order valence-electron chi connectivity index (χ0n) is 10.6. The highest BCUT2D eigenvalue weighted by Crippen LogP contribution is 2.20. The summed E-state index contributed by atoms with van der Waals surface area (Å²) in [7, 11) is 0. The van der Waals surface area contributed by atoms with Crippen molar-refractivity contribution < 1.29 is 4.79 Å². The van der Waals surface area contributed by atoms with E-state index >= 15 is 0 Å². The lowest BCUT2D eigenvalue weighted by molar-refractivity contribution is 0.102. The standard InChI is InChI=1S/C14H11ClN4O/c1-8-5-6-11-12(16-8)18-19-13(11)17-14(20)9-3-2-4-10(15)7-9/h2-7H,1H3,(H2,16,17,18,19,20). The molecule has 6 heteroatoms. The number of hydrogen-bond acceptors (Lipinski definition) is 3. The molecule has 0 bridgehead atoms. The molecule has 20 heavy (non-hydrogen) atoms. The van der Waals surface area contributed by atoms with E-state index in [0.717, 1.165) is 11.1 Å². The molecule has 3 aromatic rings. The Labute approximate surface area is 120 Å². The molecule has 1 aromatic carbocycles. The summed E-state index contributed by atoms with van der Waals surface area (Å²) < 4.78 is 0. The minimum Gasteiger partial charge on any atom is -0.305 e. The predicted molar refractivity (Wildman–Crippen MR) is 78.0 cm³/mol. The van der Waals surface area contributed by atoms with E-state index in [2.05, 4.69) is 20.5 Å². The second kappa shape index (κ2) is 4.94. The lowest BCUT2D eigenvalue weighted by Crippen LogP contribution is -2.12. The number of anilines is 1. The zero-order valence-corrected chi connectivity index (χ0v) is 11.4. The van der Waals surface area contributed by atoms with Crippen LogP contribution in [0.4, 0.5) is 5.82 Å². The normalized spacial score (nSPS) is 10.7. The third-order valence-electron chi connectivity index (χ3n) is 2.88. The minimum atomic E-state index is -0.263. The number of fused-ring (bicyclic) bond motifs is 1. The smallest absolute Gasteiger partial charge is 0.256 e.